The highest BCUT2D eigenvalue weighted by molar-refractivity contribution is 7.06. The Morgan fingerprint density at radius 2 is 2.55 bits per heavy atom. The number of allylic oxidation sites excluding steroid dienone is 1. The van der Waals surface area contributed by atoms with E-state index in [2.05, 4.69) is 16.5 Å². The largest absolute Gasteiger partial charge is 0.324 e. The second-order valence-electron chi connectivity index (χ2n) is 2.77. The molecule has 3 heteroatoms. The molecule has 11 heavy (non-hydrogen) atoms. The van der Waals surface area contributed by atoms with Crippen LogP contribution >= 0.6 is 11.5 Å². The summed E-state index contributed by atoms with van der Waals surface area (Å²) in [6.45, 7) is 0. The quantitative estimate of drug-likeness (QED) is 0.689. The van der Waals surface area contributed by atoms with Crippen LogP contribution in [0.25, 0.3) is 5.57 Å². The van der Waals surface area contributed by atoms with Crippen molar-refractivity contribution in [3.63, 3.8) is 0 Å². The zero-order valence-corrected chi connectivity index (χ0v) is 6.97. The number of hydrogen-bond acceptors (Lipinski definition) is 3. The molecule has 2 N–H and O–H groups in total. The van der Waals surface area contributed by atoms with Crippen molar-refractivity contribution in [1.82, 2.24) is 4.37 Å². The second kappa shape index (κ2) is 2.75. The molecule has 0 fully saturated rings. The van der Waals surface area contributed by atoms with Crippen molar-refractivity contribution < 1.29 is 0 Å². The molecule has 1 heterocycles. The molecule has 0 radical (unpaired) electrons. The Balaban J connectivity index is 2.25. The molecule has 1 aliphatic carbocycles. The lowest BCUT2D eigenvalue weighted by molar-refractivity contribution is 0.783. The molecule has 0 saturated heterocycles. The highest BCUT2D eigenvalue weighted by Gasteiger charge is 2.13. The lowest BCUT2D eigenvalue weighted by atomic mass is 10.2. The fourth-order valence-corrected chi connectivity index (χ4v) is 1.98. The van der Waals surface area contributed by atoms with Crippen molar-refractivity contribution in [2.24, 2.45) is 5.73 Å². The Labute approximate surface area is 69.9 Å². The van der Waals surface area contributed by atoms with Gasteiger partial charge in [-0.2, -0.15) is 0 Å². The molecule has 0 amide bonds. The van der Waals surface area contributed by atoms with Crippen LogP contribution in [-0.2, 0) is 0 Å². The van der Waals surface area contributed by atoms with Crippen molar-refractivity contribution in [2.75, 3.05) is 0 Å². The Bertz CT molecular complexity index is 264. The van der Waals surface area contributed by atoms with Gasteiger partial charge in [0, 0.05) is 12.2 Å². The molecule has 2 rings (SSSR count). The molecule has 1 unspecified atom stereocenters. The third-order valence-corrected chi connectivity index (χ3v) is 2.74. The van der Waals surface area contributed by atoms with E-state index >= 15 is 0 Å². The molecule has 1 aliphatic rings. The Kier molecular flexibility index (Phi) is 1.75. The Morgan fingerprint density at radius 1 is 1.64 bits per heavy atom. The van der Waals surface area contributed by atoms with Crippen LogP contribution in [-0.4, -0.2) is 10.4 Å². The highest BCUT2D eigenvalue weighted by atomic mass is 32.1. The van der Waals surface area contributed by atoms with Crippen LogP contribution < -0.4 is 5.73 Å². The lowest BCUT2D eigenvalue weighted by Crippen LogP contribution is -2.11. The maximum absolute atomic E-state index is 5.74. The van der Waals surface area contributed by atoms with Crippen molar-refractivity contribution in [3.8, 4) is 0 Å². The van der Waals surface area contributed by atoms with Crippen molar-refractivity contribution >= 4 is 17.1 Å². The molecular formula is C8H10N2S. The number of nitrogens with two attached hydrogens (primary N) is 1. The summed E-state index contributed by atoms with van der Waals surface area (Å²) in [5, 5.41) is 0. The van der Waals surface area contributed by atoms with E-state index < -0.39 is 0 Å². The molecule has 0 saturated carbocycles. The fourth-order valence-electron chi connectivity index (χ4n) is 1.33. The van der Waals surface area contributed by atoms with Crippen molar-refractivity contribution in [3.05, 3.63) is 23.2 Å². The summed E-state index contributed by atoms with van der Waals surface area (Å²) in [6.07, 6.45) is 6.19. The van der Waals surface area contributed by atoms with Crippen LogP contribution in [0.4, 0.5) is 0 Å². The summed E-state index contributed by atoms with van der Waals surface area (Å²) in [7, 11) is 0. The van der Waals surface area contributed by atoms with E-state index in [1.54, 1.807) is 11.5 Å². The van der Waals surface area contributed by atoms with Gasteiger partial charge in [0.1, 0.15) is 0 Å². The van der Waals surface area contributed by atoms with Crippen molar-refractivity contribution in [1.29, 1.82) is 0 Å². The number of hydrogen-bond donors (Lipinski definition) is 1. The minimum Gasteiger partial charge on any atom is -0.324 e. The van der Waals surface area contributed by atoms with Gasteiger partial charge in [0.15, 0.2) is 0 Å². The van der Waals surface area contributed by atoms with Crippen LogP contribution in [0.5, 0.6) is 0 Å². The third-order valence-electron chi connectivity index (χ3n) is 1.92. The van der Waals surface area contributed by atoms with Crippen LogP contribution in [0.15, 0.2) is 18.3 Å². The van der Waals surface area contributed by atoms with E-state index in [-0.39, 0.29) is 6.04 Å². The molecule has 58 valence electrons. The zero-order chi connectivity index (χ0) is 7.68. The average molecular weight is 166 g/mol. The first-order valence-corrected chi connectivity index (χ1v) is 4.51. The maximum atomic E-state index is 5.74. The van der Waals surface area contributed by atoms with Gasteiger partial charge in [-0.1, -0.05) is 6.08 Å². The van der Waals surface area contributed by atoms with Crippen LogP contribution in [0.2, 0.25) is 0 Å². The van der Waals surface area contributed by atoms with Gasteiger partial charge < -0.3 is 5.73 Å². The van der Waals surface area contributed by atoms with E-state index in [9.17, 15) is 0 Å². The first kappa shape index (κ1) is 7.00. The van der Waals surface area contributed by atoms with Crippen LogP contribution in [0.3, 0.4) is 0 Å². The predicted octanol–water partition coefficient (Wildman–Crippen LogP) is 1.65. The van der Waals surface area contributed by atoms with Gasteiger partial charge in [-0.15, -0.1) is 0 Å². The summed E-state index contributed by atoms with van der Waals surface area (Å²) in [6, 6.07) is 2.32. The minimum absolute atomic E-state index is 0.270. The monoisotopic (exact) mass is 166 g/mol. The fraction of sp³-hybridized carbons (Fsp3) is 0.375. The van der Waals surface area contributed by atoms with Crippen LogP contribution in [0, 0.1) is 0 Å². The highest BCUT2D eigenvalue weighted by Crippen LogP contribution is 2.28. The summed E-state index contributed by atoms with van der Waals surface area (Å²) in [5.41, 5.74) is 7.11. The lowest BCUT2D eigenvalue weighted by Gasteiger charge is -1.91. The first-order chi connectivity index (χ1) is 5.36. The van der Waals surface area contributed by atoms with Gasteiger partial charge in [0.25, 0.3) is 0 Å². The smallest absolute Gasteiger partial charge is 0.0506 e. The third kappa shape index (κ3) is 1.34. The summed E-state index contributed by atoms with van der Waals surface area (Å²) < 4.78 is 4.05. The molecule has 0 bridgehead atoms. The summed E-state index contributed by atoms with van der Waals surface area (Å²) >= 11 is 1.55. The molecule has 0 aromatic carbocycles. The molecule has 1 aromatic heterocycles. The minimum atomic E-state index is 0.270. The number of nitrogens with zero attached hydrogens (tertiary/aromatic N) is 1. The molecule has 2 nitrogen and oxygen atoms in total. The average Bonchev–Trinajstić information content (AvgIpc) is 2.55. The zero-order valence-electron chi connectivity index (χ0n) is 6.16. The number of aromatic nitrogens is 1. The van der Waals surface area contributed by atoms with E-state index in [0.717, 1.165) is 12.8 Å². The molecule has 1 atom stereocenters. The Morgan fingerprint density at radius 3 is 3.09 bits per heavy atom. The molecule has 1 aromatic rings. The maximum Gasteiger partial charge on any atom is 0.0506 e. The van der Waals surface area contributed by atoms with Gasteiger partial charge in [-0.25, -0.2) is 4.37 Å². The summed E-state index contributed by atoms with van der Waals surface area (Å²) in [4.78, 5) is 1.28. The van der Waals surface area contributed by atoms with E-state index in [1.807, 2.05) is 6.20 Å². The summed E-state index contributed by atoms with van der Waals surface area (Å²) in [5.74, 6) is 0. The van der Waals surface area contributed by atoms with Crippen molar-refractivity contribution in [2.45, 2.75) is 18.9 Å². The van der Waals surface area contributed by atoms with Gasteiger partial charge in [-0.3, -0.25) is 0 Å². The first-order valence-electron chi connectivity index (χ1n) is 3.73. The van der Waals surface area contributed by atoms with E-state index in [0.29, 0.717) is 0 Å². The van der Waals surface area contributed by atoms with Crippen LogP contribution in [0.1, 0.15) is 17.7 Å². The SMILES string of the molecule is NC1C=C(c2ccns2)CC1. The normalized spacial score (nSPS) is 23.7. The molecule has 0 aliphatic heterocycles. The van der Waals surface area contributed by atoms with E-state index in [4.69, 9.17) is 5.73 Å². The standard InChI is InChI=1S/C8H10N2S/c9-7-2-1-6(5-7)8-3-4-10-11-8/h3-5,7H,1-2,9H2. The molecule has 0 spiro atoms. The second-order valence-corrected chi connectivity index (χ2v) is 3.60. The predicted molar refractivity (Wildman–Crippen MR) is 47.3 cm³/mol. The van der Waals surface area contributed by atoms with E-state index in [1.165, 1.54) is 10.5 Å². The van der Waals surface area contributed by atoms with Gasteiger partial charge >= 0.3 is 0 Å². The Hall–Kier alpha value is -0.670. The van der Waals surface area contributed by atoms with Gasteiger partial charge in [-0.05, 0) is 36.0 Å². The molecular weight excluding hydrogens is 156 g/mol. The van der Waals surface area contributed by atoms with Gasteiger partial charge in [0.2, 0.25) is 0 Å². The number of rotatable bonds is 1. The topological polar surface area (TPSA) is 38.9 Å². The van der Waals surface area contributed by atoms with Gasteiger partial charge in [0.05, 0.1) is 4.88 Å².